The average Bonchev–Trinajstić information content (AvgIpc) is 2.32. The monoisotopic (exact) mass is 196 g/mol. The second-order valence-corrected chi connectivity index (χ2v) is 3.62. The smallest absolute Gasteiger partial charge is 0.305 e. The number of carbonyl (C=O) groups is 1. The molecule has 0 saturated heterocycles. The molecular formula is C10H16N2O2. The summed E-state index contributed by atoms with van der Waals surface area (Å²) in [5.74, 6) is -0.873. The lowest BCUT2D eigenvalue weighted by molar-refractivity contribution is -0.137. The molecule has 0 unspecified atom stereocenters. The van der Waals surface area contributed by atoms with Crippen LogP contribution in [0.5, 0.6) is 0 Å². The van der Waals surface area contributed by atoms with Crippen LogP contribution in [0.15, 0.2) is 0 Å². The van der Waals surface area contributed by atoms with Crippen molar-refractivity contribution in [2.24, 2.45) is 5.73 Å². The van der Waals surface area contributed by atoms with Gasteiger partial charge in [-0.1, -0.05) is 0 Å². The molecule has 0 fully saturated rings. The Morgan fingerprint density at radius 1 is 1.43 bits per heavy atom. The van der Waals surface area contributed by atoms with Crippen molar-refractivity contribution in [3.63, 3.8) is 0 Å². The summed E-state index contributed by atoms with van der Waals surface area (Å²) in [5.41, 5.74) is 9.88. The maximum atomic E-state index is 10.5. The SMILES string of the molecule is Cc1[nH]c([C@H](N)CC(=O)O)c(C)c1C. The van der Waals surface area contributed by atoms with Crippen molar-refractivity contribution >= 4 is 5.97 Å². The third kappa shape index (κ3) is 1.96. The molecule has 0 aromatic carbocycles. The van der Waals surface area contributed by atoms with E-state index in [2.05, 4.69) is 4.98 Å². The van der Waals surface area contributed by atoms with Crippen molar-refractivity contribution in [2.45, 2.75) is 33.2 Å². The van der Waals surface area contributed by atoms with Crippen molar-refractivity contribution < 1.29 is 9.90 Å². The summed E-state index contributed by atoms with van der Waals surface area (Å²) in [5, 5.41) is 8.62. The lowest BCUT2D eigenvalue weighted by Gasteiger charge is -2.08. The van der Waals surface area contributed by atoms with Crippen molar-refractivity contribution in [2.75, 3.05) is 0 Å². The standard InChI is InChI=1S/C10H16N2O2/c1-5-6(2)10(12-7(5)3)8(11)4-9(13)14/h8,12H,4,11H2,1-3H3,(H,13,14)/t8-/m1/s1. The van der Waals surface area contributed by atoms with E-state index in [1.54, 1.807) is 0 Å². The molecule has 14 heavy (non-hydrogen) atoms. The highest BCUT2D eigenvalue weighted by atomic mass is 16.4. The first kappa shape index (κ1) is 10.8. The Hall–Kier alpha value is -1.29. The predicted molar refractivity (Wildman–Crippen MR) is 54.2 cm³/mol. The fraction of sp³-hybridized carbons (Fsp3) is 0.500. The van der Waals surface area contributed by atoms with Crippen LogP contribution >= 0.6 is 0 Å². The molecule has 0 aliphatic carbocycles. The lowest BCUT2D eigenvalue weighted by atomic mass is 10.1. The number of aromatic nitrogens is 1. The van der Waals surface area contributed by atoms with Crippen LogP contribution in [0.2, 0.25) is 0 Å². The van der Waals surface area contributed by atoms with Crippen LogP contribution < -0.4 is 5.73 Å². The molecule has 1 aromatic heterocycles. The molecule has 0 spiro atoms. The zero-order chi connectivity index (χ0) is 10.9. The van der Waals surface area contributed by atoms with Gasteiger partial charge in [-0.15, -0.1) is 0 Å². The molecule has 0 aliphatic heterocycles. The van der Waals surface area contributed by atoms with Gasteiger partial charge in [-0.25, -0.2) is 0 Å². The number of nitrogens with two attached hydrogens (primary N) is 1. The van der Waals surface area contributed by atoms with Crippen molar-refractivity contribution in [3.8, 4) is 0 Å². The molecule has 4 nitrogen and oxygen atoms in total. The van der Waals surface area contributed by atoms with Gasteiger partial charge in [-0.05, 0) is 31.9 Å². The Balaban J connectivity index is 2.95. The third-order valence-corrected chi connectivity index (χ3v) is 2.62. The van der Waals surface area contributed by atoms with Crippen LogP contribution in [0.1, 0.15) is 35.0 Å². The first-order valence-corrected chi connectivity index (χ1v) is 4.56. The van der Waals surface area contributed by atoms with Crippen LogP contribution in [-0.2, 0) is 4.79 Å². The van der Waals surface area contributed by atoms with Crippen LogP contribution in [0.4, 0.5) is 0 Å². The van der Waals surface area contributed by atoms with Crippen molar-refractivity contribution in [3.05, 3.63) is 22.5 Å². The number of carboxylic acids is 1. The van der Waals surface area contributed by atoms with E-state index in [9.17, 15) is 4.79 Å². The number of nitrogens with one attached hydrogen (secondary N) is 1. The van der Waals surface area contributed by atoms with Gasteiger partial charge in [0, 0.05) is 11.4 Å². The summed E-state index contributed by atoms with van der Waals surface area (Å²) in [7, 11) is 0. The summed E-state index contributed by atoms with van der Waals surface area (Å²) < 4.78 is 0. The zero-order valence-corrected chi connectivity index (χ0v) is 8.72. The molecule has 4 heteroatoms. The fourth-order valence-electron chi connectivity index (χ4n) is 1.53. The van der Waals surface area contributed by atoms with Crippen LogP contribution in [0.3, 0.4) is 0 Å². The summed E-state index contributed by atoms with van der Waals surface area (Å²) in [6, 6.07) is -0.445. The molecule has 0 amide bonds. The van der Waals surface area contributed by atoms with Gasteiger partial charge in [0.2, 0.25) is 0 Å². The Labute approximate surface area is 83.1 Å². The number of aliphatic carboxylic acids is 1. The predicted octanol–water partition coefficient (Wildman–Crippen LogP) is 1.41. The minimum Gasteiger partial charge on any atom is -0.481 e. The first-order chi connectivity index (χ1) is 6.43. The van der Waals surface area contributed by atoms with E-state index in [0.29, 0.717) is 0 Å². The highest BCUT2D eigenvalue weighted by molar-refractivity contribution is 5.68. The summed E-state index contributed by atoms with van der Waals surface area (Å²) in [6.07, 6.45) is -0.0414. The molecule has 4 N–H and O–H groups in total. The Bertz CT molecular complexity index is 355. The molecule has 0 bridgehead atoms. The van der Waals surface area contributed by atoms with E-state index in [1.807, 2.05) is 20.8 Å². The van der Waals surface area contributed by atoms with Crippen LogP contribution in [-0.4, -0.2) is 16.1 Å². The van der Waals surface area contributed by atoms with E-state index >= 15 is 0 Å². The number of carboxylic acid groups (broad SMARTS) is 1. The highest BCUT2D eigenvalue weighted by Crippen LogP contribution is 2.22. The Kier molecular flexibility index (Phi) is 2.96. The number of H-pyrrole nitrogens is 1. The molecule has 0 saturated carbocycles. The van der Waals surface area contributed by atoms with Crippen molar-refractivity contribution in [1.82, 2.24) is 4.98 Å². The molecule has 0 aliphatic rings. The van der Waals surface area contributed by atoms with Gasteiger partial charge in [0.1, 0.15) is 0 Å². The van der Waals surface area contributed by atoms with Gasteiger partial charge in [0.15, 0.2) is 0 Å². The van der Waals surface area contributed by atoms with Gasteiger partial charge in [-0.3, -0.25) is 4.79 Å². The largest absolute Gasteiger partial charge is 0.481 e. The van der Waals surface area contributed by atoms with E-state index in [0.717, 1.165) is 22.5 Å². The molecule has 1 atom stereocenters. The normalized spacial score (nSPS) is 12.9. The van der Waals surface area contributed by atoms with Gasteiger partial charge in [0.05, 0.1) is 12.5 Å². The molecule has 0 radical (unpaired) electrons. The number of rotatable bonds is 3. The number of aryl methyl sites for hydroxylation is 1. The minimum atomic E-state index is -0.873. The van der Waals surface area contributed by atoms with Gasteiger partial charge in [0.25, 0.3) is 0 Å². The molecule has 1 aromatic rings. The molecule has 1 heterocycles. The topological polar surface area (TPSA) is 79.1 Å². The number of hydrogen-bond donors (Lipinski definition) is 3. The van der Waals surface area contributed by atoms with Gasteiger partial charge < -0.3 is 15.8 Å². The minimum absolute atomic E-state index is 0.0414. The quantitative estimate of drug-likeness (QED) is 0.684. The van der Waals surface area contributed by atoms with E-state index < -0.39 is 12.0 Å². The Morgan fingerprint density at radius 2 is 2.00 bits per heavy atom. The summed E-state index contributed by atoms with van der Waals surface area (Å²) >= 11 is 0. The first-order valence-electron chi connectivity index (χ1n) is 4.56. The average molecular weight is 196 g/mol. The second-order valence-electron chi connectivity index (χ2n) is 3.62. The molecule has 1 rings (SSSR count). The maximum absolute atomic E-state index is 10.5. The van der Waals surface area contributed by atoms with Crippen molar-refractivity contribution in [1.29, 1.82) is 0 Å². The van der Waals surface area contributed by atoms with Gasteiger partial charge in [-0.2, -0.15) is 0 Å². The van der Waals surface area contributed by atoms with E-state index in [-0.39, 0.29) is 6.42 Å². The van der Waals surface area contributed by atoms with Crippen LogP contribution in [0.25, 0.3) is 0 Å². The van der Waals surface area contributed by atoms with E-state index in [1.165, 1.54) is 0 Å². The fourth-order valence-corrected chi connectivity index (χ4v) is 1.53. The third-order valence-electron chi connectivity index (χ3n) is 2.62. The highest BCUT2D eigenvalue weighted by Gasteiger charge is 2.16. The summed E-state index contributed by atoms with van der Waals surface area (Å²) in [6.45, 7) is 5.91. The summed E-state index contributed by atoms with van der Waals surface area (Å²) in [4.78, 5) is 13.6. The van der Waals surface area contributed by atoms with Gasteiger partial charge >= 0.3 is 5.97 Å². The molecular weight excluding hydrogens is 180 g/mol. The number of aromatic amines is 1. The second kappa shape index (κ2) is 3.84. The lowest BCUT2D eigenvalue weighted by Crippen LogP contribution is -2.16. The maximum Gasteiger partial charge on any atom is 0.305 e. The Morgan fingerprint density at radius 3 is 2.36 bits per heavy atom. The van der Waals surface area contributed by atoms with E-state index in [4.69, 9.17) is 10.8 Å². The number of hydrogen-bond acceptors (Lipinski definition) is 2. The van der Waals surface area contributed by atoms with Crippen LogP contribution in [0, 0.1) is 20.8 Å². The molecule has 78 valence electrons. The zero-order valence-electron chi connectivity index (χ0n) is 8.72.